The summed E-state index contributed by atoms with van der Waals surface area (Å²) in [5.41, 5.74) is 5.86. The van der Waals surface area contributed by atoms with Gasteiger partial charge in [0.05, 0.1) is 10.8 Å². The van der Waals surface area contributed by atoms with E-state index >= 15 is 0 Å². The first-order valence-corrected chi connectivity index (χ1v) is 10.8. The van der Waals surface area contributed by atoms with Gasteiger partial charge in [-0.05, 0) is 75.3 Å². The molecule has 1 N–H and O–H groups in total. The summed E-state index contributed by atoms with van der Waals surface area (Å²) in [6, 6.07) is 10.3. The molecular formula is C23H27N3OS. The van der Waals surface area contributed by atoms with Crippen LogP contribution in [0.4, 0.5) is 5.69 Å². The van der Waals surface area contributed by atoms with Crippen molar-refractivity contribution >= 4 is 23.4 Å². The number of hydrogen-bond donors (Lipinski definition) is 1. The van der Waals surface area contributed by atoms with E-state index in [-0.39, 0.29) is 11.2 Å². The lowest BCUT2D eigenvalue weighted by Crippen LogP contribution is -2.23. The zero-order valence-corrected chi connectivity index (χ0v) is 17.7. The maximum Gasteiger partial charge on any atom is 0.237 e. The summed E-state index contributed by atoms with van der Waals surface area (Å²) in [5.74, 6) is -0.0730. The summed E-state index contributed by atoms with van der Waals surface area (Å²) in [6.45, 7) is 5.86. The Morgan fingerprint density at radius 2 is 1.93 bits per heavy atom. The van der Waals surface area contributed by atoms with Gasteiger partial charge in [0.15, 0.2) is 0 Å². The van der Waals surface area contributed by atoms with E-state index in [0.717, 1.165) is 48.2 Å². The lowest BCUT2D eigenvalue weighted by atomic mass is 9.96. The number of aryl methyl sites for hydroxylation is 4. The molecule has 0 fully saturated rings. The summed E-state index contributed by atoms with van der Waals surface area (Å²) >= 11 is 1.37. The van der Waals surface area contributed by atoms with Gasteiger partial charge in [0, 0.05) is 11.4 Å². The molecule has 1 heterocycles. The number of nitrogens with zero attached hydrogens (tertiary/aromatic N) is 2. The van der Waals surface area contributed by atoms with E-state index in [1.165, 1.54) is 30.2 Å². The number of anilines is 1. The minimum atomic E-state index is -0.342. The quantitative estimate of drug-likeness (QED) is 0.711. The van der Waals surface area contributed by atoms with Crippen molar-refractivity contribution in [1.82, 2.24) is 4.98 Å². The second-order valence-electron chi connectivity index (χ2n) is 7.54. The van der Waals surface area contributed by atoms with Crippen molar-refractivity contribution in [3.8, 4) is 6.07 Å². The molecule has 1 atom stereocenters. The highest BCUT2D eigenvalue weighted by Gasteiger charge is 2.20. The van der Waals surface area contributed by atoms with Gasteiger partial charge in [-0.15, -0.1) is 0 Å². The number of aromatic nitrogens is 1. The third-order valence-electron chi connectivity index (χ3n) is 5.19. The van der Waals surface area contributed by atoms with E-state index in [9.17, 15) is 10.1 Å². The van der Waals surface area contributed by atoms with Gasteiger partial charge in [-0.25, -0.2) is 4.98 Å². The van der Waals surface area contributed by atoms with Gasteiger partial charge >= 0.3 is 0 Å². The molecule has 0 bridgehead atoms. The summed E-state index contributed by atoms with van der Waals surface area (Å²) in [7, 11) is 0. The molecule has 0 aliphatic heterocycles. The predicted molar refractivity (Wildman–Crippen MR) is 115 cm³/mol. The molecule has 1 amide bonds. The molecule has 1 aromatic heterocycles. The number of nitriles is 1. The second kappa shape index (κ2) is 9.25. The van der Waals surface area contributed by atoms with Crippen LogP contribution in [0.2, 0.25) is 0 Å². The molecule has 2 aromatic rings. The van der Waals surface area contributed by atoms with Crippen LogP contribution in [-0.4, -0.2) is 16.1 Å². The van der Waals surface area contributed by atoms with Gasteiger partial charge in [0.25, 0.3) is 0 Å². The van der Waals surface area contributed by atoms with Gasteiger partial charge in [-0.2, -0.15) is 5.26 Å². The second-order valence-corrected chi connectivity index (χ2v) is 8.87. The summed E-state index contributed by atoms with van der Waals surface area (Å²) in [5, 5.41) is 12.9. The topological polar surface area (TPSA) is 65.8 Å². The molecule has 0 radical (unpaired) electrons. The molecule has 0 spiro atoms. The molecule has 4 nitrogen and oxygen atoms in total. The number of amides is 1. The minimum absolute atomic E-state index is 0.0730. The van der Waals surface area contributed by atoms with Crippen LogP contribution < -0.4 is 5.32 Å². The Morgan fingerprint density at radius 3 is 2.68 bits per heavy atom. The standard InChI is InChI=1S/C23H27N3OS/c1-15-10-11-16(2)21(12-15)25-22(27)17(3)28-23-19(14-24)13-18-8-6-4-5-7-9-20(18)26-23/h10-13,17H,4-9H2,1-3H3,(H,25,27). The average molecular weight is 394 g/mol. The van der Waals surface area contributed by atoms with Crippen molar-refractivity contribution in [1.29, 1.82) is 5.26 Å². The number of rotatable bonds is 4. The highest BCUT2D eigenvalue weighted by molar-refractivity contribution is 8.00. The van der Waals surface area contributed by atoms with E-state index in [2.05, 4.69) is 11.4 Å². The van der Waals surface area contributed by atoms with Gasteiger partial charge in [-0.1, -0.05) is 36.7 Å². The number of nitrogens with one attached hydrogen (secondary N) is 1. The molecule has 5 heteroatoms. The Labute approximate surface area is 171 Å². The van der Waals surface area contributed by atoms with Gasteiger partial charge in [-0.3, -0.25) is 4.79 Å². The molecule has 1 unspecified atom stereocenters. The smallest absolute Gasteiger partial charge is 0.237 e. The van der Waals surface area contributed by atoms with Crippen LogP contribution >= 0.6 is 11.8 Å². The Kier molecular flexibility index (Phi) is 6.74. The van der Waals surface area contributed by atoms with Crippen molar-refractivity contribution in [2.75, 3.05) is 5.32 Å². The molecule has 0 saturated carbocycles. The highest BCUT2D eigenvalue weighted by Crippen LogP contribution is 2.30. The van der Waals surface area contributed by atoms with Crippen LogP contribution in [0.5, 0.6) is 0 Å². The Morgan fingerprint density at radius 1 is 1.18 bits per heavy atom. The fourth-order valence-electron chi connectivity index (χ4n) is 3.46. The number of benzene rings is 1. The van der Waals surface area contributed by atoms with Crippen LogP contribution in [0, 0.1) is 25.2 Å². The van der Waals surface area contributed by atoms with E-state index in [0.29, 0.717) is 10.6 Å². The van der Waals surface area contributed by atoms with Crippen molar-refractivity contribution in [2.45, 2.75) is 69.6 Å². The molecule has 28 heavy (non-hydrogen) atoms. The normalized spacial score (nSPS) is 14.9. The third kappa shape index (κ3) is 4.94. The van der Waals surface area contributed by atoms with Crippen LogP contribution in [0.15, 0.2) is 29.3 Å². The summed E-state index contributed by atoms with van der Waals surface area (Å²) in [4.78, 5) is 17.5. The van der Waals surface area contributed by atoms with E-state index in [1.807, 2.05) is 45.0 Å². The monoisotopic (exact) mass is 393 g/mol. The number of fused-ring (bicyclic) bond motifs is 1. The molecular weight excluding hydrogens is 366 g/mol. The molecule has 1 aliphatic rings. The first kappa shape index (κ1) is 20.4. The number of thioether (sulfide) groups is 1. The van der Waals surface area contributed by atoms with Crippen molar-refractivity contribution in [3.05, 3.63) is 52.2 Å². The molecule has 0 saturated heterocycles. The molecule has 1 aliphatic carbocycles. The number of pyridine rings is 1. The molecule has 146 valence electrons. The first-order chi connectivity index (χ1) is 13.5. The Hall–Kier alpha value is -2.32. The van der Waals surface area contributed by atoms with E-state index in [1.54, 1.807) is 0 Å². The Balaban J connectivity index is 1.78. The van der Waals surface area contributed by atoms with Crippen molar-refractivity contribution in [3.63, 3.8) is 0 Å². The minimum Gasteiger partial charge on any atom is -0.325 e. The average Bonchev–Trinajstić information content (AvgIpc) is 2.65. The first-order valence-electron chi connectivity index (χ1n) is 9.95. The zero-order chi connectivity index (χ0) is 20.1. The van der Waals surface area contributed by atoms with Crippen LogP contribution in [0.3, 0.4) is 0 Å². The zero-order valence-electron chi connectivity index (χ0n) is 16.8. The number of carbonyl (C=O) groups excluding carboxylic acids is 1. The lowest BCUT2D eigenvalue weighted by Gasteiger charge is -2.17. The van der Waals surface area contributed by atoms with Crippen LogP contribution in [0.25, 0.3) is 0 Å². The van der Waals surface area contributed by atoms with Crippen molar-refractivity contribution in [2.24, 2.45) is 0 Å². The Bertz CT molecular complexity index is 917. The SMILES string of the molecule is Cc1ccc(C)c(NC(=O)C(C)Sc2nc3c(cc2C#N)CCCCCC3)c1. The summed E-state index contributed by atoms with van der Waals surface area (Å²) in [6.07, 6.45) is 6.72. The predicted octanol–water partition coefficient (Wildman–Crippen LogP) is 5.35. The van der Waals surface area contributed by atoms with Crippen LogP contribution in [-0.2, 0) is 17.6 Å². The van der Waals surface area contributed by atoms with Gasteiger partial charge < -0.3 is 5.32 Å². The maximum absolute atomic E-state index is 12.7. The van der Waals surface area contributed by atoms with Gasteiger partial charge in [0.2, 0.25) is 5.91 Å². The third-order valence-corrected chi connectivity index (χ3v) is 6.30. The fraction of sp³-hybridized carbons (Fsp3) is 0.435. The van der Waals surface area contributed by atoms with Crippen molar-refractivity contribution < 1.29 is 4.79 Å². The highest BCUT2D eigenvalue weighted by atomic mass is 32.2. The van der Waals surface area contributed by atoms with Gasteiger partial charge in [0.1, 0.15) is 11.1 Å². The van der Waals surface area contributed by atoms with E-state index in [4.69, 9.17) is 4.98 Å². The largest absolute Gasteiger partial charge is 0.325 e. The number of carbonyl (C=O) groups is 1. The lowest BCUT2D eigenvalue weighted by molar-refractivity contribution is -0.115. The fourth-order valence-corrected chi connectivity index (χ4v) is 4.36. The number of hydrogen-bond acceptors (Lipinski definition) is 4. The maximum atomic E-state index is 12.7. The molecule has 3 rings (SSSR count). The van der Waals surface area contributed by atoms with Crippen LogP contribution in [0.1, 0.15) is 60.6 Å². The molecule has 1 aromatic carbocycles. The summed E-state index contributed by atoms with van der Waals surface area (Å²) < 4.78 is 0. The van der Waals surface area contributed by atoms with E-state index < -0.39 is 0 Å².